The molecule has 0 fully saturated rings. The highest BCUT2D eigenvalue weighted by Gasteiger charge is 2.25. The van der Waals surface area contributed by atoms with Gasteiger partial charge in [-0.05, 0) is 28.7 Å². The summed E-state index contributed by atoms with van der Waals surface area (Å²) < 4.78 is 46.2. The van der Waals surface area contributed by atoms with E-state index in [2.05, 4.69) is 56.6 Å². The van der Waals surface area contributed by atoms with Gasteiger partial charge in [0.05, 0.1) is 44.9 Å². The van der Waals surface area contributed by atoms with E-state index in [1.807, 2.05) is 4.99 Å². The van der Waals surface area contributed by atoms with Gasteiger partial charge in [0.1, 0.15) is 0 Å². The number of rotatable bonds is 14. The van der Waals surface area contributed by atoms with Crippen LogP contribution in [0.15, 0.2) is 11.1 Å². The van der Waals surface area contributed by atoms with Crippen LogP contribution in [0.25, 0.3) is 0 Å². The third-order valence-electron chi connectivity index (χ3n) is 3.55. The second kappa shape index (κ2) is 12.5. The average Bonchev–Trinajstić information content (AvgIpc) is 2.41. The van der Waals surface area contributed by atoms with Gasteiger partial charge in [-0.3, -0.25) is 4.55 Å². The zero-order valence-corrected chi connectivity index (χ0v) is 19.1. The lowest BCUT2D eigenvalue weighted by atomic mass is 9.81. The minimum Gasteiger partial charge on any atom is -0.378 e. The summed E-state index contributed by atoms with van der Waals surface area (Å²) in [6.07, 6.45) is 4.16. The molecule has 0 radical (unpaired) electrons. The van der Waals surface area contributed by atoms with E-state index < -0.39 is 15.9 Å². The van der Waals surface area contributed by atoms with Crippen molar-refractivity contribution in [2.45, 2.75) is 53.6 Å². The lowest BCUT2D eigenvalue weighted by molar-refractivity contribution is -0.0329. The Morgan fingerprint density at radius 1 is 0.962 bits per heavy atom. The van der Waals surface area contributed by atoms with Crippen molar-refractivity contribution in [3.63, 3.8) is 0 Å². The molecular weight excluding hydrogens is 424 g/mol. The molecule has 0 saturated carbocycles. The van der Waals surface area contributed by atoms with Gasteiger partial charge in [0, 0.05) is 0 Å². The Morgan fingerprint density at radius 3 is 2.00 bits per heavy atom. The topological polar surface area (TPSA) is 82.1 Å². The molecule has 0 bridgehead atoms. The summed E-state index contributed by atoms with van der Waals surface area (Å²) in [7, 11) is -3.96. The van der Waals surface area contributed by atoms with Gasteiger partial charge in [0.15, 0.2) is 0 Å². The quantitative estimate of drug-likeness (QED) is 0.312. The van der Waals surface area contributed by atoms with E-state index >= 15 is 0 Å². The number of hydrogen-bond acceptors (Lipinski definition) is 5. The molecule has 8 heteroatoms. The lowest BCUT2D eigenvalue weighted by Gasteiger charge is -2.31. The van der Waals surface area contributed by atoms with Crippen LogP contribution in [0.4, 0.5) is 0 Å². The van der Waals surface area contributed by atoms with Crippen molar-refractivity contribution in [3.8, 4) is 0 Å². The first kappa shape index (κ1) is 26.0. The highest BCUT2D eigenvalue weighted by Crippen LogP contribution is 2.32. The lowest BCUT2D eigenvalue weighted by Crippen LogP contribution is -2.28. The van der Waals surface area contributed by atoms with Gasteiger partial charge in [-0.15, -0.1) is 0 Å². The van der Waals surface area contributed by atoms with Crippen molar-refractivity contribution in [1.29, 1.82) is 0 Å². The molecule has 6 nitrogen and oxygen atoms in total. The Labute approximate surface area is 167 Å². The van der Waals surface area contributed by atoms with Crippen LogP contribution in [0, 0.1) is 10.8 Å². The van der Waals surface area contributed by atoms with Crippen LogP contribution in [0.5, 0.6) is 0 Å². The van der Waals surface area contributed by atoms with Crippen LogP contribution in [-0.4, -0.2) is 57.9 Å². The molecule has 0 amide bonds. The molecule has 0 aromatic heterocycles. The minimum atomic E-state index is -3.96. The molecule has 0 aromatic rings. The normalized spacial score (nSPS) is 14.9. The molecule has 0 spiro atoms. The summed E-state index contributed by atoms with van der Waals surface area (Å²) in [6, 6.07) is 0. The van der Waals surface area contributed by atoms with E-state index in [1.54, 1.807) is 0 Å². The first-order valence-electron chi connectivity index (χ1n) is 8.85. The van der Waals surface area contributed by atoms with E-state index in [4.69, 9.17) is 18.8 Å². The van der Waals surface area contributed by atoms with Crippen molar-refractivity contribution >= 4 is 26.0 Å². The predicted molar refractivity (Wildman–Crippen MR) is 108 cm³/mol. The molecule has 1 atom stereocenters. The molecule has 0 aliphatic heterocycles. The molecule has 0 heterocycles. The summed E-state index contributed by atoms with van der Waals surface area (Å²) in [5.41, 5.74) is 0.224. The van der Waals surface area contributed by atoms with Crippen molar-refractivity contribution < 1.29 is 27.2 Å². The maximum atomic E-state index is 10.5. The largest absolute Gasteiger partial charge is 0.378 e. The molecule has 0 aliphatic carbocycles. The Balaban J connectivity index is 4.06. The number of hydrogen-bond donors (Lipinski definition) is 1. The summed E-state index contributed by atoms with van der Waals surface area (Å²) in [5.74, 6) is -0.400. The fourth-order valence-corrected chi connectivity index (χ4v) is 3.50. The molecule has 0 aliphatic rings. The summed E-state index contributed by atoms with van der Waals surface area (Å²) in [6.45, 7) is 12.5. The Hall–Kier alpha value is 0.01000. The van der Waals surface area contributed by atoms with Crippen LogP contribution in [0.2, 0.25) is 0 Å². The fourth-order valence-electron chi connectivity index (χ4n) is 2.46. The molecule has 0 rings (SSSR count). The first-order valence-corrected chi connectivity index (χ1v) is 11.4. The van der Waals surface area contributed by atoms with E-state index in [1.165, 1.54) is 0 Å². The maximum absolute atomic E-state index is 10.5. The predicted octanol–water partition coefficient (Wildman–Crippen LogP) is 4.05. The number of allylic oxidation sites excluding steroid dienone is 1. The monoisotopic (exact) mass is 458 g/mol. The molecule has 0 aromatic carbocycles. The molecule has 0 saturated heterocycles. The van der Waals surface area contributed by atoms with Gasteiger partial charge in [-0.2, -0.15) is 8.42 Å². The minimum absolute atomic E-state index is 0.0392. The third kappa shape index (κ3) is 17.4. The average molecular weight is 459 g/mol. The SMILES string of the molecule is CC(C)(C)CC(CC(C)(C)C=CBr)OCCOCCOCCS(=O)(=O)O. The standard InChI is InChI=1S/C18H35BrO6S/c1-17(2,3)14-16(15-18(4,5)6-7-19)25-11-10-23-8-9-24-12-13-26(20,21)22/h6-7,16H,8-15H2,1-5H3,(H,20,21,22). The van der Waals surface area contributed by atoms with Gasteiger partial charge in [-0.25, -0.2) is 0 Å². The van der Waals surface area contributed by atoms with Crippen molar-refractivity contribution in [3.05, 3.63) is 11.1 Å². The molecule has 156 valence electrons. The highest BCUT2D eigenvalue weighted by molar-refractivity contribution is 9.11. The van der Waals surface area contributed by atoms with E-state index in [9.17, 15) is 8.42 Å². The number of ether oxygens (including phenoxy) is 3. The van der Waals surface area contributed by atoms with Crippen molar-refractivity contribution in [2.24, 2.45) is 10.8 Å². The van der Waals surface area contributed by atoms with E-state index in [0.717, 1.165) is 12.8 Å². The van der Waals surface area contributed by atoms with Gasteiger partial charge in [0.25, 0.3) is 10.1 Å². The first-order chi connectivity index (χ1) is 11.8. The van der Waals surface area contributed by atoms with E-state index in [0.29, 0.717) is 19.8 Å². The summed E-state index contributed by atoms with van der Waals surface area (Å²) >= 11 is 3.35. The molecule has 1 N–H and O–H groups in total. The van der Waals surface area contributed by atoms with Crippen LogP contribution >= 0.6 is 15.9 Å². The van der Waals surface area contributed by atoms with Crippen molar-refractivity contribution in [1.82, 2.24) is 0 Å². The van der Waals surface area contributed by atoms with E-state index in [-0.39, 0.29) is 30.1 Å². The summed E-state index contributed by atoms with van der Waals surface area (Å²) in [5, 5.41) is 0. The highest BCUT2D eigenvalue weighted by atomic mass is 79.9. The van der Waals surface area contributed by atoms with Gasteiger partial charge < -0.3 is 14.2 Å². The van der Waals surface area contributed by atoms with Crippen LogP contribution < -0.4 is 0 Å². The Bertz CT molecular complexity index is 496. The summed E-state index contributed by atoms with van der Waals surface area (Å²) in [4.78, 5) is 1.90. The van der Waals surface area contributed by atoms with Crippen LogP contribution in [0.3, 0.4) is 0 Å². The third-order valence-corrected chi connectivity index (χ3v) is 4.49. The zero-order chi connectivity index (χ0) is 20.3. The van der Waals surface area contributed by atoms with Gasteiger partial charge in [-0.1, -0.05) is 56.6 Å². The zero-order valence-electron chi connectivity index (χ0n) is 16.7. The fraction of sp³-hybridized carbons (Fsp3) is 0.889. The maximum Gasteiger partial charge on any atom is 0.267 e. The van der Waals surface area contributed by atoms with Gasteiger partial charge >= 0.3 is 0 Å². The number of halogens is 1. The smallest absolute Gasteiger partial charge is 0.267 e. The second-order valence-electron chi connectivity index (χ2n) is 8.25. The van der Waals surface area contributed by atoms with Crippen molar-refractivity contribution in [2.75, 3.05) is 38.8 Å². The Morgan fingerprint density at radius 2 is 1.50 bits per heavy atom. The second-order valence-corrected chi connectivity index (χ2v) is 10.4. The molecule has 1 unspecified atom stereocenters. The molecular formula is C18H35BrO6S. The van der Waals surface area contributed by atoms with Crippen LogP contribution in [-0.2, 0) is 24.3 Å². The van der Waals surface area contributed by atoms with Crippen LogP contribution in [0.1, 0.15) is 47.5 Å². The molecule has 26 heavy (non-hydrogen) atoms. The Kier molecular flexibility index (Phi) is 12.5. The van der Waals surface area contributed by atoms with Gasteiger partial charge in [0.2, 0.25) is 0 Å².